The van der Waals surface area contributed by atoms with Crippen LogP contribution in [-0.2, 0) is 17.9 Å². The lowest BCUT2D eigenvalue weighted by Gasteiger charge is -2.30. The predicted molar refractivity (Wildman–Crippen MR) is 98.7 cm³/mol. The normalized spacial score (nSPS) is 20.6. The van der Waals surface area contributed by atoms with Crippen molar-refractivity contribution in [3.05, 3.63) is 17.5 Å². The van der Waals surface area contributed by atoms with Crippen molar-refractivity contribution in [1.29, 1.82) is 0 Å². The molecule has 2 amide bonds. The van der Waals surface area contributed by atoms with Crippen LogP contribution < -0.4 is 10.6 Å². The van der Waals surface area contributed by atoms with Crippen LogP contribution in [0.15, 0.2) is 6.07 Å². The number of fused-ring (bicyclic) bond motifs is 1. The third-order valence-electron chi connectivity index (χ3n) is 5.11. The molecule has 3 rings (SSSR count). The fourth-order valence-corrected chi connectivity index (χ4v) is 3.57. The number of nitrogens with zero attached hydrogens (tertiary/aromatic N) is 4. The quantitative estimate of drug-likeness (QED) is 0.765. The largest absolute Gasteiger partial charge is 0.349 e. The first-order valence-corrected chi connectivity index (χ1v) is 9.54. The van der Waals surface area contributed by atoms with E-state index >= 15 is 0 Å². The van der Waals surface area contributed by atoms with Gasteiger partial charge in [0.2, 0.25) is 5.91 Å². The van der Waals surface area contributed by atoms with Crippen molar-refractivity contribution >= 4 is 11.8 Å². The summed E-state index contributed by atoms with van der Waals surface area (Å²) in [5.74, 6) is 0.216. The number of carbonyl (C=O) groups is 2. The highest BCUT2D eigenvalue weighted by Gasteiger charge is 2.29. The van der Waals surface area contributed by atoms with E-state index in [1.54, 1.807) is 0 Å². The van der Waals surface area contributed by atoms with E-state index in [2.05, 4.69) is 15.7 Å². The Morgan fingerprint density at radius 3 is 2.96 bits per heavy atom. The molecule has 2 aliphatic heterocycles. The van der Waals surface area contributed by atoms with Crippen molar-refractivity contribution in [2.45, 2.75) is 32.4 Å². The molecular formula is C18H30N6O2. The number of rotatable bonds is 5. The Morgan fingerprint density at radius 2 is 2.15 bits per heavy atom. The summed E-state index contributed by atoms with van der Waals surface area (Å²) in [6.07, 6.45) is 2.93. The van der Waals surface area contributed by atoms with E-state index in [0.717, 1.165) is 44.6 Å². The summed E-state index contributed by atoms with van der Waals surface area (Å²) in [6, 6.07) is 1.82. The maximum Gasteiger partial charge on any atom is 0.271 e. The molecule has 1 saturated heterocycles. The van der Waals surface area contributed by atoms with E-state index in [-0.39, 0.29) is 17.7 Å². The van der Waals surface area contributed by atoms with Gasteiger partial charge >= 0.3 is 0 Å². The molecule has 1 aromatic heterocycles. The van der Waals surface area contributed by atoms with Crippen LogP contribution in [-0.4, -0.2) is 78.2 Å². The first-order valence-electron chi connectivity index (χ1n) is 9.54. The summed E-state index contributed by atoms with van der Waals surface area (Å²) in [7, 11) is 3.94. The third-order valence-corrected chi connectivity index (χ3v) is 5.11. The van der Waals surface area contributed by atoms with Crippen molar-refractivity contribution in [3.63, 3.8) is 0 Å². The van der Waals surface area contributed by atoms with Gasteiger partial charge in [0.1, 0.15) is 0 Å². The molecule has 0 aliphatic carbocycles. The Kier molecular flexibility index (Phi) is 6.26. The molecule has 1 aromatic rings. The van der Waals surface area contributed by atoms with Gasteiger partial charge in [0, 0.05) is 25.6 Å². The zero-order valence-corrected chi connectivity index (χ0v) is 15.8. The maximum absolute atomic E-state index is 12.8. The van der Waals surface area contributed by atoms with Crippen molar-refractivity contribution in [2.24, 2.45) is 5.92 Å². The smallest absolute Gasteiger partial charge is 0.271 e. The predicted octanol–water partition coefficient (Wildman–Crippen LogP) is -0.0936. The molecule has 1 fully saturated rings. The van der Waals surface area contributed by atoms with Crippen LogP contribution in [0.2, 0.25) is 0 Å². The zero-order chi connectivity index (χ0) is 18.5. The molecule has 144 valence electrons. The van der Waals surface area contributed by atoms with Crippen LogP contribution in [0.4, 0.5) is 0 Å². The van der Waals surface area contributed by atoms with Crippen LogP contribution in [0.25, 0.3) is 0 Å². The van der Waals surface area contributed by atoms with Gasteiger partial charge in [0.05, 0.1) is 18.8 Å². The van der Waals surface area contributed by atoms with E-state index in [9.17, 15) is 9.59 Å². The van der Waals surface area contributed by atoms with Crippen molar-refractivity contribution in [1.82, 2.24) is 30.2 Å². The monoisotopic (exact) mass is 362 g/mol. The molecule has 0 spiro atoms. The first-order chi connectivity index (χ1) is 12.5. The molecular weight excluding hydrogens is 332 g/mol. The zero-order valence-electron chi connectivity index (χ0n) is 15.8. The van der Waals surface area contributed by atoms with Gasteiger partial charge in [0.15, 0.2) is 5.69 Å². The summed E-state index contributed by atoms with van der Waals surface area (Å²) in [4.78, 5) is 29.0. The van der Waals surface area contributed by atoms with E-state index in [0.29, 0.717) is 31.9 Å². The number of likely N-dealkylation sites (N-methyl/N-ethyl adjacent to an activating group) is 1. The molecule has 26 heavy (non-hydrogen) atoms. The van der Waals surface area contributed by atoms with Crippen LogP contribution in [0.1, 0.15) is 35.4 Å². The second-order valence-electron chi connectivity index (χ2n) is 7.44. The van der Waals surface area contributed by atoms with Gasteiger partial charge in [-0.25, -0.2) is 0 Å². The average molecular weight is 362 g/mol. The van der Waals surface area contributed by atoms with Gasteiger partial charge in [-0.15, -0.1) is 0 Å². The van der Waals surface area contributed by atoms with E-state index in [1.807, 2.05) is 34.6 Å². The van der Waals surface area contributed by atoms with E-state index in [4.69, 9.17) is 0 Å². The SMILES string of the molecule is CN(C)CCNC(=O)c1cc2n(n1)CCN(C(=O)[C@H]1CCCNCC1)C2. The minimum absolute atomic E-state index is 0.119. The van der Waals surface area contributed by atoms with Gasteiger partial charge in [-0.3, -0.25) is 14.3 Å². The minimum atomic E-state index is -0.151. The Labute approximate surface area is 154 Å². The van der Waals surface area contributed by atoms with Crippen molar-refractivity contribution in [3.8, 4) is 0 Å². The second kappa shape index (κ2) is 8.64. The second-order valence-corrected chi connectivity index (χ2v) is 7.44. The van der Waals surface area contributed by atoms with Gasteiger partial charge in [0.25, 0.3) is 5.91 Å². The van der Waals surface area contributed by atoms with Crippen LogP contribution in [0.3, 0.4) is 0 Å². The maximum atomic E-state index is 12.8. The lowest BCUT2D eigenvalue weighted by atomic mass is 9.98. The van der Waals surface area contributed by atoms with Gasteiger partial charge in [-0.1, -0.05) is 0 Å². The molecule has 2 aliphatic rings. The number of hydrogen-bond acceptors (Lipinski definition) is 5. The Morgan fingerprint density at radius 1 is 1.31 bits per heavy atom. The van der Waals surface area contributed by atoms with Gasteiger partial charge in [-0.05, 0) is 52.5 Å². The highest BCUT2D eigenvalue weighted by Crippen LogP contribution is 2.21. The fourth-order valence-electron chi connectivity index (χ4n) is 3.57. The summed E-state index contributed by atoms with van der Waals surface area (Å²) in [6.45, 7) is 5.16. The van der Waals surface area contributed by atoms with E-state index < -0.39 is 0 Å². The number of amides is 2. The van der Waals surface area contributed by atoms with Crippen LogP contribution in [0.5, 0.6) is 0 Å². The lowest BCUT2D eigenvalue weighted by molar-refractivity contribution is -0.137. The minimum Gasteiger partial charge on any atom is -0.349 e. The topological polar surface area (TPSA) is 82.5 Å². The number of aromatic nitrogens is 2. The Hall–Kier alpha value is -1.93. The number of carbonyl (C=O) groups excluding carboxylic acids is 2. The standard InChI is InChI=1S/C18H30N6O2/c1-22(2)9-8-20-17(25)16-12-15-13-23(10-11-24(15)21-16)18(26)14-4-3-6-19-7-5-14/h12,14,19H,3-11,13H2,1-2H3,(H,20,25)/t14-/m0/s1. The summed E-state index contributed by atoms with van der Waals surface area (Å²) in [5.41, 5.74) is 1.38. The molecule has 0 unspecified atom stereocenters. The van der Waals surface area contributed by atoms with Gasteiger partial charge in [-0.2, -0.15) is 5.10 Å². The summed E-state index contributed by atoms with van der Waals surface area (Å²) in [5, 5.41) is 10.7. The first kappa shape index (κ1) is 18.8. The Bertz CT molecular complexity index is 634. The highest BCUT2D eigenvalue weighted by molar-refractivity contribution is 5.92. The van der Waals surface area contributed by atoms with Crippen molar-refractivity contribution in [2.75, 3.05) is 46.8 Å². The molecule has 0 saturated carbocycles. The van der Waals surface area contributed by atoms with Crippen LogP contribution in [0, 0.1) is 5.92 Å². The number of nitrogens with one attached hydrogen (secondary N) is 2. The molecule has 2 N–H and O–H groups in total. The molecule has 1 atom stereocenters. The lowest BCUT2D eigenvalue weighted by Crippen LogP contribution is -2.41. The fraction of sp³-hybridized carbons (Fsp3) is 0.722. The Balaban J connectivity index is 1.59. The molecule has 0 bridgehead atoms. The molecule has 0 radical (unpaired) electrons. The number of hydrogen-bond donors (Lipinski definition) is 2. The average Bonchev–Trinajstić information content (AvgIpc) is 2.86. The highest BCUT2D eigenvalue weighted by atomic mass is 16.2. The van der Waals surface area contributed by atoms with Gasteiger partial charge < -0.3 is 20.4 Å². The van der Waals surface area contributed by atoms with Crippen LogP contribution >= 0.6 is 0 Å². The summed E-state index contributed by atoms with van der Waals surface area (Å²) < 4.78 is 1.86. The molecule has 8 heteroatoms. The molecule has 0 aromatic carbocycles. The summed E-state index contributed by atoms with van der Waals surface area (Å²) >= 11 is 0. The van der Waals surface area contributed by atoms with Crippen molar-refractivity contribution < 1.29 is 9.59 Å². The molecule has 3 heterocycles. The molecule has 8 nitrogen and oxygen atoms in total. The van der Waals surface area contributed by atoms with E-state index in [1.165, 1.54) is 0 Å². The third kappa shape index (κ3) is 4.62.